The zero-order valence-corrected chi connectivity index (χ0v) is 11.8. The fraction of sp³-hybridized carbons (Fsp3) is 0.571. The van der Waals surface area contributed by atoms with Crippen LogP contribution in [0.3, 0.4) is 0 Å². The Balaban J connectivity index is 2.66. The second kappa shape index (κ2) is 8.61. The van der Waals surface area contributed by atoms with Crippen LogP contribution in [0, 0.1) is 0 Å². The molecule has 0 aliphatic heterocycles. The molecule has 0 aromatic heterocycles. The number of aliphatic hydroxyl groups is 1. The highest BCUT2D eigenvalue weighted by atomic mass is 16.5. The molecule has 0 bridgehead atoms. The third kappa shape index (κ3) is 5.36. The van der Waals surface area contributed by atoms with Gasteiger partial charge in [-0.2, -0.15) is 0 Å². The van der Waals surface area contributed by atoms with Crippen molar-refractivity contribution in [3.05, 3.63) is 18.2 Å². The Morgan fingerprint density at radius 1 is 1.16 bits per heavy atom. The number of ether oxygens (including phenoxy) is 3. The van der Waals surface area contributed by atoms with Crippen molar-refractivity contribution in [2.24, 2.45) is 0 Å². The third-order valence-corrected chi connectivity index (χ3v) is 2.44. The molecule has 19 heavy (non-hydrogen) atoms. The van der Waals surface area contributed by atoms with Crippen molar-refractivity contribution in [1.29, 1.82) is 0 Å². The number of hydrogen-bond donors (Lipinski definition) is 2. The molecule has 0 aliphatic rings. The van der Waals surface area contributed by atoms with E-state index in [0.29, 0.717) is 32.1 Å². The molecule has 1 rings (SSSR count). The molecular weight excluding hydrogens is 246 g/mol. The van der Waals surface area contributed by atoms with Crippen molar-refractivity contribution in [3.8, 4) is 11.5 Å². The lowest BCUT2D eigenvalue weighted by atomic mass is 10.2. The molecule has 0 saturated carbocycles. The predicted octanol–water partition coefficient (Wildman–Crippen LogP) is 1.90. The predicted molar refractivity (Wildman–Crippen MR) is 75.2 cm³/mol. The summed E-state index contributed by atoms with van der Waals surface area (Å²) in [6.07, 6.45) is -0.535. The molecule has 1 aromatic rings. The lowest BCUT2D eigenvalue weighted by molar-refractivity contribution is 0.0727. The van der Waals surface area contributed by atoms with Crippen molar-refractivity contribution in [1.82, 2.24) is 0 Å². The van der Waals surface area contributed by atoms with Crippen molar-refractivity contribution in [2.45, 2.75) is 20.0 Å². The van der Waals surface area contributed by atoms with Gasteiger partial charge in [0.15, 0.2) is 11.5 Å². The summed E-state index contributed by atoms with van der Waals surface area (Å²) in [5.41, 5.74) is 0.877. The quantitative estimate of drug-likeness (QED) is 0.717. The summed E-state index contributed by atoms with van der Waals surface area (Å²) in [5, 5.41) is 12.7. The van der Waals surface area contributed by atoms with Gasteiger partial charge in [0.25, 0.3) is 0 Å². The van der Waals surface area contributed by atoms with Crippen LogP contribution in [0.4, 0.5) is 5.69 Å². The minimum absolute atomic E-state index is 0.308. The van der Waals surface area contributed by atoms with Crippen molar-refractivity contribution >= 4 is 5.69 Å². The molecular formula is C14H23NO4. The lowest BCUT2D eigenvalue weighted by Crippen LogP contribution is -2.24. The Hall–Kier alpha value is -1.46. The third-order valence-electron chi connectivity index (χ3n) is 2.44. The summed E-state index contributed by atoms with van der Waals surface area (Å²) in [7, 11) is 1.56. The summed E-state index contributed by atoms with van der Waals surface area (Å²) in [5.74, 6) is 1.43. The second-order valence-corrected chi connectivity index (χ2v) is 4.02. The van der Waals surface area contributed by atoms with Gasteiger partial charge in [-0.05, 0) is 26.0 Å². The number of anilines is 1. The van der Waals surface area contributed by atoms with Crippen LogP contribution in [0.15, 0.2) is 18.2 Å². The largest absolute Gasteiger partial charge is 0.490 e. The van der Waals surface area contributed by atoms with Gasteiger partial charge < -0.3 is 24.6 Å². The first-order chi connectivity index (χ1) is 9.21. The van der Waals surface area contributed by atoms with E-state index in [2.05, 4.69) is 5.32 Å². The van der Waals surface area contributed by atoms with Gasteiger partial charge in [-0.15, -0.1) is 0 Å². The van der Waals surface area contributed by atoms with Gasteiger partial charge in [0.2, 0.25) is 0 Å². The molecule has 0 fully saturated rings. The maximum Gasteiger partial charge on any atom is 0.163 e. The van der Waals surface area contributed by atoms with Gasteiger partial charge in [0.05, 0.1) is 25.9 Å². The van der Waals surface area contributed by atoms with E-state index in [4.69, 9.17) is 14.2 Å². The molecule has 1 aromatic carbocycles. The molecule has 0 saturated heterocycles. The molecule has 0 radical (unpaired) electrons. The van der Waals surface area contributed by atoms with Gasteiger partial charge in [0.1, 0.15) is 0 Å². The van der Waals surface area contributed by atoms with Gasteiger partial charge in [-0.25, -0.2) is 0 Å². The van der Waals surface area contributed by atoms with Crippen LogP contribution >= 0.6 is 0 Å². The summed E-state index contributed by atoms with van der Waals surface area (Å²) >= 11 is 0. The maximum atomic E-state index is 9.58. The fourth-order valence-electron chi connectivity index (χ4n) is 1.65. The van der Waals surface area contributed by atoms with E-state index in [1.165, 1.54) is 0 Å². The Morgan fingerprint density at radius 3 is 2.47 bits per heavy atom. The zero-order chi connectivity index (χ0) is 14.1. The Labute approximate surface area is 114 Å². The van der Waals surface area contributed by atoms with Crippen LogP contribution in [0.2, 0.25) is 0 Å². The summed E-state index contributed by atoms with van der Waals surface area (Å²) in [6.45, 7) is 5.77. The van der Waals surface area contributed by atoms with Crippen LogP contribution in [0.5, 0.6) is 11.5 Å². The first-order valence-electron chi connectivity index (χ1n) is 6.51. The van der Waals surface area contributed by atoms with Crippen LogP contribution in [0.1, 0.15) is 13.8 Å². The summed E-state index contributed by atoms with van der Waals surface area (Å²) < 4.78 is 15.9. The average Bonchev–Trinajstić information content (AvgIpc) is 2.40. The topological polar surface area (TPSA) is 60.0 Å². The minimum atomic E-state index is -0.535. The normalized spacial score (nSPS) is 12.0. The monoisotopic (exact) mass is 269 g/mol. The van der Waals surface area contributed by atoms with Crippen LogP contribution < -0.4 is 14.8 Å². The van der Waals surface area contributed by atoms with Gasteiger partial charge >= 0.3 is 0 Å². The molecule has 0 spiro atoms. The van der Waals surface area contributed by atoms with E-state index in [1.807, 2.05) is 32.0 Å². The highest BCUT2D eigenvalue weighted by molar-refractivity contribution is 5.54. The molecule has 0 amide bonds. The van der Waals surface area contributed by atoms with Crippen LogP contribution in [-0.4, -0.2) is 44.7 Å². The van der Waals surface area contributed by atoms with E-state index in [1.54, 1.807) is 7.11 Å². The van der Waals surface area contributed by atoms with E-state index < -0.39 is 6.10 Å². The van der Waals surface area contributed by atoms with Crippen LogP contribution in [0.25, 0.3) is 0 Å². The molecule has 5 heteroatoms. The number of hydrogen-bond acceptors (Lipinski definition) is 5. The standard InChI is InChI=1S/C14H23NO4/c1-4-18-13-7-6-11(8-14(13)19-5-2)15-9-12(16)10-17-3/h6-8,12,15-16H,4-5,9-10H2,1-3H3. The van der Waals surface area contributed by atoms with Crippen molar-refractivity contribution < 1.29 is 19.3 Å². The van der Waals surface area contributed by atoms with E-state index in [-0.39, 0.29) is 0 Å². The van der Waals surface area contributed by atoms with Gasteiger partial charge in [-0.1, -0.05) is 0 Å². The number of nitrogens with one attached hydrogen (secondary N) is 1. The highest BCUT2D eigenvalue weighted by Gasteiger charge is 2.07. The maximum absolute atomic E-state index is 9.58. The van der Waals surface area contributed by atoms with E-state index in [9.17, 15) is 5.11 Å². The number of benzene rings is 1. The van der Waals surface area contributed by atoms with Gasteiger partial charge in [0, 0.05) is 25.4 Å². The Bertz CT molecular complexity index is 370. The molecule has 0 aliphatic carbocycles. The average molecular weight is 269 g/mol. The van der Waals surface area contributed by atoms with Gasteiger partial charge in [-0.3, -0.25) is 0 Å². The van der Waals surface area contributed by atoms with Crippen molar-refractivity contribution in [3.63, 3.8) is 0 Å². The highest BCUT2D eigenvalue weighted by Crippen LogP contribution is 2.30. The summed E-state index contributed by atoms with van der Waals surface area (Å²) in [6, 6.07) is 5.63. The molecule has 0 heterocycles. The molecule has 1 unspecified atom stereocenters. The molecule has 2 N–H and O–H groups in total. The fourth-order valence-corrected chi connectivity index (χ4v) is 1.65. The van der Waals surface area contributed by atoms with Crippen molar-refractivity contribution in [2.75, 3.05) is 38.8 Å². The second-order valence-electron chi connectivity index (χ2n) is 4.02. The Kier molecular flexibility index (Phi) is 7.07. The Morgan fingerprint density at radius 2 is 1.84 bits per heavy atom. The van der Waals surface area contributed by atoms with E-state index >= 15 is 0 Å². The van der Waals surface area contributed by atoms with Crippen LogP contribution in [-0.2, 0) is 4.74 Å². The number of aliphatic hydroxyl groups excluding tert-OH is 1. The first kappa shape index (κ1) is 15.6. The molecule has 108 valence electrons. The molecule has 5 nitrogen and oxygen atoms in total. The SMILES string of the molecule is CCOc1ccc(NCC(O)COC)cc1OCC. The smallest absolute Gasteiger partial charge is 0.163 e. The summed E-state index contributed by atoms with van der Waals surface area (Å²) in [4.78, 5) is 0. The zero-order valence-electron chi connectivity index (χ0n) is 11.8. The minimum Gasteiger partial charge on any atom is -0.490 e. The van der Waals surface area contributed by atoms with E-state index in [0.717, 1.165) is 11.4 Å². The molecule has 1 atom stereocenters. The number of rotatable bonds is 9. The number of methoxy groups -OCH3 is 1. The first-order valence-corrected chi connectivity index (χ1v) is 6.51. The lowest BCUT2D eigenvalue weighted by Gasteiger charge is -2.15.